The summed E-state index contributed by atoms with van der Waals surface area (Å²) in [6, 6.07) is 5.18. The van der Waals surface area contributed by atoms with Crippen LogP contribution in [0.3, 0.4) is 0 Å². The number of amides is 2. The normalized spacial score (nSPS) is 10.4. The minimum atomic E-state index is -0.771. The number of hydrogen-bond acceptors (Lipinski definition) is 5. The van der Waals surface area contributed by atoms with Crippen molar-refractivity contribution in [1.29, 1.82) is 0 Å². The van der Waals surface area contributed by atoms with Gasteiger partial charge in [0, 0.05) is 24.7 Å². The summed E-state index contributed by atoms with van der Waals surface area (Å²) < 4.78 is 10.3. The Morgan fingerprint density at radius 3 is 2.45 bits per heavy atom. The van der Waals surface area contributed by atoms with E-state index in [1.165, 1.54) is 18.2 Å². The van der Waals surface area contributed by atoms with E-state index in [9.17, 15) is 9.59 Å². The van der Waals surface area contributed by atoms with Crippen LogP contribution in [0, 0.1) is 0 Å². The van der Waals surface area contributed by atoms with Crippen LogP contribution in [-0.2, 0) is 9.59 Å². The van der Waals surface area contributed by atoms with Crippen molar-refractivity contribution < 1.29 is 19.1 Å². The minimum Gasteiger partial charge on any atom is -0.497 e. The van der Waals surface area contributed by atoms with Crippen molar-refractivity contribution in [3.63, 3.8) is 0 Å². The second-order valence-electron chi connectivity index (χ2n) is 4.28. The molecule has 1 aromatic rings. The zero-order valence-corrected chi connectivity index (χ0v) is 13.3. The molecule has 1 N–H and O–H groups in total. The number of ether oxygens (including phenoxy) is 2. The van der Waals surface area contributed by atoms with E-state index in [4.69, 9.17) is 9.47 Å². The monoisotopic (exact) mass is 307 g/mol. The molecule has 0 radical (unpaired) electrons. The summed E-state index contributed by atoms with van der Waals surface area (Å²) in [5.74, 6) is -0.182. The van der Waals surface area contributed by atoms with Crippen molar-refractivity contribution in [1.82, 2.24) is 10.3 Å². The van der Waals surface area contributed by atoms with Gasteiger partial charge in [-0.1, -0.05) is 0 Å². The van der Waals surface area contributed by atoms with Crippen molar-refractivity contribution >= 4 is 18.0 Å². The van der Waals surface area contributed by atoms with Gasteiger partial charge in [0.05, 0.1) is 20.4 Å². The molecule has 1 aromatic carbocycles. The average Bonchev–Trinajstić information content (AvgIpc) is 2.55. The van der Waals surface area contributed by atoms with Crippen LogP contribution in [0.4, 0.5) is 0 Å². The molecular formula is C15H21N3O4. The molecule has 0 fully saturated rings. The molecule has 7 nitrogen and oxygen atoms in total. The molecule has 0 saturated heterocycles. The Balaban J connectivity index is 2.73. The molecule has 0 spiro atoms. The number of hydrogen-bond donors (Lipinski definition) is 1. The fraction of sp³-hybridized carbons (Fsp3) is 0.400. The van der Waals surface area contributed by atoms with Crippen molar-refractivity contribution in [2.45, 2.75) is 13.8 Å². The van der Waals surface area contributed by atoms with Crippen LogP contribution in [0.5, 0.6) is 11.5 Å². The van der Waals surface area contributed by atoms with Gasteiger partial charge in [-0.25, -0.2) is 5.43 Å². The number of carbonyl (C=O) groups is 2. The zero-order chi connectivity index (χ0) is 16.5. The molecule has 0 aliphatic rings. The number of benzene rings is 1. The standard InChI is InChI=1S/C15H21N3O4/c1-5-18(6-2)15(20)14(19)17-16-10-11-7-8-12(21-3)9-13(11)22-4/h7-10H,5-6H2,1-4H3,(H,17,19). The Bertz CT molecular complexity index is 554. The summed E-state index contributed by atoms with van der Waals surface area (Å²) >= 11 is 0. The van der Waals surface area contributed by atoms with E-state index in [1.807, 2.05) is 0 Å². The maximum Gasteiger partial charge on any atom is 0.329 e. The number of likely N-dealkylation sites (N-methyl/N-ethyl adjacent to an activating group) is 1. The summed E-state index contributed by atoms with van der Waals surface area (Å²) in [7, 11) is 3.08. The van der Waals surface area contributed by atoms with E-state index in [0.29, 0.717) is 30.2 Å². The van der Waals surface area contributed by atoms with Crippen molar-refractivity contribution in [3.05, 3.63) is 23.8 Å². The third-order valence-electron chi connectivity index (χ3n) is 3.06. The van der Waals surface area contributed by atoms with E-state index >= 15 is 0 Å². The minimum absolute atomic E-state index is 0.471. The quantitative estimate of drug-likeness (QED) is 0.483. The van der Waals surface area contributed by atoms with Crippen LogP contribution in [0.15, 0.2) is 23.3 Å². The van der Waals surface area contributed by atoms with Gasteiger partial charge >= 0.3 is 11.8 Å². The number of rotatable bonds is 6. The Hall–Kier alpha value is -2.57. The van der Waals surface area contributed by atoms with Gasteiger partial charge in [0.2, 0.25) is 0 Å². The van der Waals surface area contributed by atoms with Crippen molar-refractivity contribution in [2.75, 3.05) is 27.3 Å². The number of nitrogens with one attached hydrogen (secondary N) is 1. The smallest absolute Gasteiger partial charge is 0.329 e. The number of hydrazone groups is 1. The lowest BCUT2D eigenvalue weighted by Crippen LogP contribution is -2.41. The third kappa shape index (κ3) is 4.47. The second-order valence-corrected chi connectivity index (χ2v) is 4.28. The summed E-state index contributed by atoms with van der Waals surface area (Å²) in [6.07, 6.45) is 1.41. The highest BCUT2D eigenvalue weighted by Gasteiger charge is 2.18. The fourth-order valence-electron chi connectivity index (χ4n) is 1.79. The summed E-state index contributed by atoms with van der Waals surface area (Å²) in [5.41, 5.74) is 2.86. The first-order valence-corrected chi connectivity index (χ1v) is 6.91. The van der Waals surface area contributed by atoms with E-state index < -0.39 is 11.8 Å². The highest BCUT2D eigenvalue weighted by molar-refractivity contribution is 6.34. The Morgan fingerprint density at radius 2 is 1.91 bits per heavy atom. The molecule has 120 valence electrons. The summed E-state index contributed by atoms with van der Waals surface area (Å²) in [6.45, 7) is 4.55. The van der Waals surface area contributed by atoms with Gasteiger partial charge in [-0.15, -0.1) is 0 Å². The van der Waals surface area contributed by atoms with Gasteiger partial charge in [0.15, 0.2) is 0 Å². The van der Waals surface area contributed by atoms with E-state index in [-0.39, 0.29) is 0 Å². The maximum atomic E-state index is 11.8. The van der Waals surface area contributed by atoms with Gasteiger partial charge in [-0.2, -0.15) is 5.10 Å². The molecule has 0 aliphatic carbocycles. The van der Waals surface area contributed by atoms with Gasteiger partial charge in [0.1, 0.15) is 11.5 Å². The average molecular weight is 307 g/mol. The number of carbonyl (C=O) groups excluding carboxylic acids is 2. The topological polar surface area (TPSA) is 80.2 Å². The molecule has 0 aliphatic heterocycles. The first kappa shape index (κ1) is 17.5. The number of methoxy groups -OCH3 is 2. The van der Waals surface area contributed by atoms with Crippen LogP contribution < -0.4 is 14.9 Å². The molecule has 22 heavy (non-hydrogen) atoms. The second kappa shape index (κ2) is 8.66. The van der Waals surface area contributed by atoms with Crippen LogP contribution in [-0.4, -0.2) is 50.2 Å². The van der Waals surface area contributed by atoms with Gasteiger partial charge in [-0.3, -0.25) is 9.59 Å². The summed E-state index contributed by atoms with van der Waals surface area (Å²) in [5, 5.41) is 3.78. The van der Waals surface area contributed by atoms with Crippen molar-refractivity contribution in [2.24, 2.45) is 5.10 Å². The third-order valence-corrected chi connectivity index (χ3v) is 3.06. The molecule has 2 amide bonds. The van der Waals surface area contributed by atoms with Crippen LogP contribution in [0.25, 0.3) is 0 Å². The molecular weight excluding hydrogens is 286 g/mol. The lowest BCUT2D eigenvalue weighted by molar-refractivity contribution is -0.145. The van der Waals surface area contributed by atoms with Gasteiger partial charge in [0.25, 0.3) is 0 Å². The van der Waals surface area contributed by atoms with Crippen LogP contribution >= 0.6 is 0 Å². The largest absolute Gasteiger partial charge is 0.497 e. The highest BCUT2D eigenvalue weighted by atomic mass is 16.5. The Kier molecular flexibility index (Phi) is 6.88. The molecule has 0 atom stereocenters. The molecule has 1 rings (SSSR count). The predicted octanol–water partition coefficient (Wildman–Crippen LogP) is 1.02. The first-order valence-electron chi connectivity index (χ1n) is 6.91. The lowest BCUT2D eigenvalue weighted by atomic mass is 10.2. The van der Waals surface area contributed by atoms with Crippen LogP contribution in [0.1, 0.15) is 19.4 Å². The molecule has 0 unspecified atom stereocenters. The fourth-order valence-corrected chi connectivity index (χ4v) is 1.79. The van der Waals surface area contributed by atoms with Crippen LogP contribution in [0.2, 0.25) is 0 Å². The molecule has 0 saturated carbocycles. The summed E-state index contributed by atoms with van der Waals surface area (Å²) in [4.78, 5) is 24.8. The number of nitrogens with zero attached hydrogens (tertiary/aromatic N) is 2. The highest BCUT2D eigenvalue weighted by Crippen LogP contribution is 2.22. The van der Waals surface area contributed by atoms with E-state index in [2.05, 4.69) is 10.5 Å². The molecule has 0 heterocycles. The van der Waals surface area contributed by atoms with E-state index in [1.54, 1.807) is 39.2 Å². The van der Waals surface area contributed by atoms with Crippen molar-refractivity contribution in [3.8, 4) is 11.5 Å². The predicted molar refractivity (Wildman–Crippen MR) is 83.2 cm³/mol. The van der Waals surface area contributed by atoms with Gasteiger partial charge < -0.3 is 14.4 Å². The molecule has 0 aromatic heterocycles. The molecule has 0 bridgehead atoms. The molecule has 7 heteroatoms. The van der Waals surface area contributed by atoms with Gasteiger partial charge in [-0.05, 0) is 26.0 Å². The zero-order valence-electron chi connectivity index (χ0n) is 13.3. The SMILES string of the molecule is CCN(CC)C(=O)C(=O)NN=Cc1ccc(OC)cc1OC. The lowest BCUT2D eigenvalue weighted by Gasteiger charge is -2.16. The Labute approximate surface area is 129 Å². The van der Waals surface area contributed by atoms with E-state index in [0.717, 1.165) is 0 Å². The first-order chi connectivity index (χ1) is 10.6. The Morgan fingerprint density at radius 1 is 1.23 bits per heavy atom. The maximum absolute atomic E-state index is 11.8.